The lowest BCUT2D eigenvalue weighted by atomic mass is 10.2. The first-order valence-electron chi connectivity index (χ1n) is 5.74. The van der Waals surface area contributed by atoms with Crippen molar-refractivity contribution in [3.63, 3.8) is 0 Å². The number of nitrogens with zero attached hydrogens (tertiary/aromatic N) is 2. The number of hydrogen-bond acceptors (Lipinski definition) is 2. The van der Waals surface area contributed by atoms with E-state index >= 15 is 0 Å². The lowest BCUT2D eigenvalue weighted by Crippen LogP contribution is -2.12. The summed E-state index contributed by atoms with van der Waals surface area (Å²) >= 11 is 3.36. The third-order valence-corrected chi connectivity index (χ3v) is 3.42. The van der Waals surface area contributed by atoms with Gasteiger partial charge in [-0.25, -0.2) is 4.98 Å². The van der Waals surface area contributed by atoms with Crippen LogP contribution in [0.4, 0.5) is 5.82 Å². The smallest absolute Gasteiger partial charge is 0.258 e. The molecule has 0 unspecified atom stereocenters. The minimum absolute atomic E-state index is 0.184. The topological polar surface area (TPSA) is 46.4 Å². The highest BCUT2D eigenvalue weighted by Gasteiger charge is 2.11. The molecule has 0 spiro atoms. The van der Waals surface area contributed by atoms with Gasteiger partial charge in [-0.15, -0.1) is 0 Å². The molecule has 0 atom stereocenters. The molecule has 1 amide bonds. The van der Waals surface area contributed by atoms with Crippen LogP contribution < -0.4 is 5.32 Å². The Bertz CT molecular complexity index is 718. The molecule has 2 heterocycles. The van der Waals surface area contributed by atoms with Crippen molar-refractivity contribution in [2.75, 3.05) is 5.32 Å². The maximum Gasteiger partial charge on any atom is 0.258 e. The Labute approximate surface area is 118 Å². The van der Waals surface area contributed by atoms with Crippen molar-refractivity contribution in [2.45, 2.75) is 0 Å². The van der Waals surface area contributed by atoms with Crippen molar-refractivity contribution in [3.05, 3.63) is 64.9 Å². The SMILES string of the molecule is O=C(Nc1cn2ccccc2n1)c1ccccc1Br. The van der Waals surface area contributed by atoms with Crippen molar-refractivity contribution < 1.29 is 4.79 Å². The van der Waals surface area contributed by atoms with Gasteiger partial charge in [0.2, 0.25) is 0 Å². The van der Waals surface area contributed by atoms with Crippen LogP contribution in [-0.2, 0) is 0 Å². The van der Waals surface area contributed by atoms with Crippen LogP contribution in [0.15, 0.2) is 59.3 Å². The van der Waals surface area contributed by atoms with E-state index in [1.165, 1.54) is 0 Å². The number of pyridine rings is 1. The van der Waals surface area contributed by atoms with E-state index in [1.807, 2.05) is 47.0 Å². The molecule has 0 radical (unpaired) electrons. The summed E-state index contributed by atoms with van der Waals surface area (Å²) in [6.45, 7) is 0. The predicted molar refractivity (Wildman–Crippen MR) is 77.3 cm³/mol. The van der Waals surface area contributed by atoms with Crippen LogP contribution in [0.3, 0.4) is 0 Å². The summed E-state index contributed by atoms with van der Waals surface area (Å²) in [6.07, 6.45) is 3.67. The lowest BCUT2D eigenvalue weighted by Gasteiger charge is -2.03. The van der Waals surface area contributed by atoms with Crippen molar-refractivity contribution in [2.24, 2.45) is 0 Å². The Morgan fingerprint density at radius 2 is 1.95 bits per heavy atom. The van der Waals surface area contributed by atoms with E-state index in [0.29, 0.717) is 11.4 Å². The van der Waals surface area contributed by atoms with E-state index < -0.39 is 0 Å². The number of amides is 1. The molecule has 0 aliphatic carbocycles. The molecule has 3 rings (SSSR count). The van der Waals surface area contributed by atoms with E-state index in [9.17, 15) is 4.79 Å². The van der Waals surface area contributed by atoms with Crippen LogP contribution >= 0.6 is 15.9 Å². The van der Waals surface area contributed by atoms with Gasteiger partial charge in [0.25, 0.3) is 5.91 Å². The van der Waals surface area contributed by atoms with Crippen LogP contribution in [0, 0.1) is 0 Å². The number of imidazole rings is 1. The quantitative estimate of drug-likeness (QED) is 0.788. The van der Waals surface area contributed by atoms with Gasteiger partial charge in [0, 0.05) is 10.7 Å². The molecular weight excluding hydrogens is 306 g/mol. The average Bonchev–Trinajstić information content (AvgIpc) is 2.81. The number of anilines is 1. The van der Waals surface area contributed by atoms with E-state index in [4.69, 9.17) is 0 Å². The number of carbonyl (C=O) groups is 1. The van der Waals surface area contributed by atoms with Gasteiger partial charge in [0.05, 0.1) is 11.8 Å². The molecule has 1 aromatic carbocycles. The van der Waals surface area contributed by atoms with Crippen molar-refractivity contribution in [1.82, 2.24) is 9.38 Å². The highest BCUT2D eigenvalue weighted by Crippen LogP contribution is 2.17. The Morgan fingerprint density at radius 3 is 2.74 bits per heavy atom. The van der Waals surface area contributed by atoms with Crippen LogP contribution in [0.25, 0.3) is 5.65 Å². The lowest BCUT2D eigenvalue weighted by molar-refractivity contribution is 0.102. The number of rotatable bonds is 2. The second-order valence-electron chi connectivity index (χ2n) is 4.03. The van der Waals surface area contributed by atoms with Crippen LogP contribution in [0.5, 0.6) is 0 Å². The van der Waals surface area contributed by atoms with E-state index in [2.05, 4.69) is 26.2 Å². The maximum atomic E-state index is 12.1. The zero-order chi connectivity index (χ0) is 13.2. The second kappa shape index (κ2) is 4.85. The first-order chi connectivity index (χ1) is 9.24. The largest absolute Gasteiger partial charge is 0.305 e. The highest BCUT2D eigenvalue weighted by atomic mass is 79.9. The highest BCUT2D eigenvalue weighted by molar-refractivity contribution is 9.10. The Kier molecular flexibility index (Phi) is 3.05. The number of nitrogens with one attached hydrogen (secondary N) is 1. The first kappa shape index (κ1) is 11.9. The minimum Gasteiger partial charge on any atom is -0.305 e. The van der Waals surface area contributed by atoms with Crippen molar-refractivity contribution in [3.8, 4) is 0 Å². The summed E-state index contributed by atoms with van der Waals surface area (Å²) in [5.41, 5.74) is 1.38. The molecule has 4 nitrogen and oxygen atoms in total. The summed E-state index contributed by atoms with van der Waals surface area (Å²) in [5, 5.41) is 2.79. The Balaban J connectivity index is 1.89. The normalized spacial score (nSPS) is 10.6. The molecule has 94 valence electrons. The first-order valence-corrected chi connectivity index (χ1v) is 6.53. The molecular formula is C14H10BrN3O. The number of carbonyl (C=O) groups excluding carboxylic acids is 1. The molecule has 3 aromatic rings. The zero-order valence-corrected chi connectivity index (χ0v) is 11.5. The van der Waals surface area contributed by atoms with E-state index in [0.717, 1.165) is 10.1 Å². The monoisotopic (exact) mass is 315 g/mol. The van der Waals surface area contributed by atoms with E-state index in [-0.39, 0.29) is 5.91 Å². The molecule has 0 fully saturated rings. The number of halogens is 1. The van der Waals surface area contributed by atoms with Gasteiger partial charge >= 0.3 is 0 Å². The molecule has 2 aromatic heterocycles. The van der Waals surface area contributed by atoms with Crippen LogP contribution in [0.2, 0.25) is 0 Å². The molecule has 0 saturated heterocycles. The number of aromatic nitrogens is 2. The number of benzene rings is 1. The fourth-order valence-corrected chi connectivity index (χ4v) is 2.29. The number of fused-ring (bicyclic) bond motifs is 1. The van der Waals surface area contributed by atoms with Gasteiger partial charge in [-0.05, 0) is 40.2 Å². The second-order valence-corrected chi connectivity index (χ2v) is 4.88. The van der Waals surface area contributed by atoms with Gasteiger partial charge in [0.1, 0.15) is 5.65 Å². The standard InChI is InChI=1S/C14H10BrN3O/c15-11-6-2-1-5-10(11)14(19)17-12-9-18-8-4-3-7-13(18)16-12/h1-9H,(H,17,19). The summed E-state index contributed by atoms with van der Waals surface area (Å²) < 4.78 is 2.62. The molecule has 0 aliphatic heterocycles. The van der Waals surface area contributed by atoms with Crippen molar-refractivity contribution in [1.29, 1.82) is 0 Å². The fourth-order valence-electron chi connectivity index (χ4n) is 1.82. The molecule has 0 bridgehead atoms. The third-order valence-electron chi connectivity index (χ3n) is 2.72. The summed E-state index contributed by atoms with van der Waals surface area (Å²) in [5.74, 6) is 0.350. The average molecular weight is 316 g/mol. The summed E-state index contributed by atoms with van der Waals surface area (Å²) in [4.78, 5) is 16.4. The van der Waals surface area contributed by atoms with Gasteiger partial charge in [-0.1, -0.05) is 18.2 Å². The van der Waals surface area contributed by atoms with Gasteiger partial charge < -0.3 is 9.72 Å². The predicted octanol–water partition coefficient (Wildman–Crippen LogP) is 3.35. The van der Waals surface area contributed by atoms with Gasteiger partial charge in [0.15, 0.2) is 5.82 Å². The maximum absolute atomic E-state index is 12.1. The van der Waals surface area contributed by atoms with Crippen LogP contribution in [-0.4, -0.2) is 15.3 Å². The van der Waals surface area contributed by atoms with Gasteiger partial charge in [-0.2, -0.15) is 0 Å². The molecule has 0 aliphatic rings. The minimum atomic E-state index is -0.184. The Hall–Kier alpha value is -2.14. The number of hydrogen-bond donors (Lipinski definition) is 1. The Morgan fingerprint density at radius 1 is 1.16 bits per heavy atom. The van der Waals surface area contributed by atoms with E-state index in [1.54, 1.807) is 12.3 Å². The zero-order valence-electron chi connectivity index (χ0n) is 9.88. The molecule has 1 N–H and O–H groups in total. The molecule has 0 saturated carbocycles. The van der Waals surface area contributed by atoms with Crippen molar-refractivity contribution >= 4 is 33.3 Å². The van der Waals surface area contributed by atoms with Gasteiger partial charge in [-0.3, -0.25) is 4.79 Å². The summed E-state index contributed by atoms with van der Waals surface area (Å²) in [6, 6.07) is 13.0. The molecule has 5 heteroatoms. The molecule has 19 heavy (non-hydrogen) atoms. The summed E-state index contributed by atoms with van der Waals surface area (Å²) in [7, 11) is 0. The third kappa shape index (κ3) is 2.37. The fraction of sp³-hybridized carbons (Fsp3) is 0. The van der Waals surface area contributed by atoms with Crippen LogP contribution in [0.1, 0.15) is 10.4 Å².